The van der Waals surface area contributed by atoms with Crippen LogP contribution in [0, 0.1) is 23.7 Å². The highest BCUT2D eigenvalue weighted by atomic mass is 16.5. The van der Waals surface area contributed by atoms with Crippen LogP contribution in [0.5, 0.6) is 0 Å². The van der Waals surface area contributed by atoms with Gasteiger partial charge in [-0.2, -0.15) is 0 Å². The summed E-state index contributed by atoms with van der Waals surface area (Å²) >= 11 is 0. The van der Waals surface area contributed by atoms with Gasteiger partial charge in [-0.05, 0) is 6.42 Å². The van der Waals surface area contributed by atoms with Crippen LogP contribution < -0.4 is 0 Å². The first-order valence-corrected chi connectivity index (χ1v) is 4.73. The molecule has 13 heavy (non-hydrogen) atoms. The number of aliphatic hydroxyl groups is 2. The van der Waals surface area contributed by atoms with Crippen LogP contribution in [0.4, 0.5) is 0 Å². The molecular weight excluding hydrogens is 172 g/mol. The lowest BCUT2D eigenvalue weighted by molar-refractivity contribution is -0.143. The number of carbonyl (C=O) groups is 1. The molecule has 4 nitrogen and oxygen atoms in total. The SMILES string of the molecule is O=C1OC[C@@H]2[C@H]1[C@H]1C[C@@H](O)[C@@H]2[C@@H]1O. The highest BCUT2D eigenvalue weighted by molar-refractivity contribution is 5.76. The summed E-state index contributed by atoms with van der Waals surface area (Å²) in [4.78, 5) is 11.3. The van der Waals surface area contributed by atoms with Gasteiger partial charge in [0.15, 0.2) is 0 Å². The Morgan fingerprint density at radius 3 is 2.85 bits per heavy atom. The van der Waals surface area contributed by atoms with Gasteiger partial charge >= 0.3 is 5.97 Å². The summed E-state index contributed by atoms with van der Waals surface area (Å²) < 4.78 is 4.94. The summed E-state index contributed by atoms with van der Waals surface area (Å²) in [6, 6.07) is 0. The van der Waals surface area contributed by atoms with Crippen molar-refractivity contribution >= 4 is 5.97 Å². The zero-order valence-electron chi connectivity index (χ0n) is 7.09. The smallest absolute Gasteiger partial charge is 0.309 e. The lowest BCUT2D eigenvalue weighted by Crippen LogP contribution is -2.31. The Hall–Kier alpha value is -0.610. The highest BCUT2D eigenvalue weighted by Gasteiger charge is 2.63. The highest BCUT2D eigenvalue weighted by Crippen LogP contribution is 2.55. The van der Waals surface area contributed by atoms with E-state index in [-0.39, 0.29) is 29.6 Å². The van der Waals surface area contributed by atoms with Crippen molar-refractivity contribution in [2.24, 2.45) is 23.7 Å². The maximum absolute atomic E-state index is 11.3. The van der Waals surface area contributed by atoms with Gasteiger partial charge in [-0.1, -0.05) is 0 Å². The first-order chi connectivity index (χ1) is 6.20. The van der Waals surface area contributed by atoms with E-state index in [2.05, 4.69) is 0 Å². The van der Waals surface area contributed by atoms with Gasteiger partial charge in [-0.3, -0.25) is 4.79 Å². The van der Waals surface area contributed by atoms with Crippen LogP contribution in [0.3, 0.4) is 0 Å². The van der Waals surface area contributed by atoms with Crippen molar-refractivity contribution in [3.8, 4) is 0 Å². The first-order valence-electron chi connectivity index (χ1n) is 4.73. The first kappa shape index (κ1) is 7.76. The van der Waals surface area contributed by atoms with Crippen LogP contribution in [-0.4, -0.2) is 35.0 Å². The molecule has 0 spiro atoms. The minimum atomic E-state index is -0.488. The third kappa shape index (κ3) is 0.758. The number of rotatable bonds is 0. The molecule has 6 atom stereocenters. The molecular formula is C9H12O4. The van der Waals surface area contributed by atoms with Gasteiger partial charge in [0, 0.05) is 17.8 Å². The topological polar surface area (TPSA) is 66.8 Å². The van der Waals surface area contributed by atoms with Crippen LogP contribution in [0.2, 0.25) is 0 Å². The zero-order chi connectivity index (χ0) is 9.16. The number of cyclic esters (lactones) is 1. The lowest BCUT2D eigenvalue weighted by Gasteiger charge is -2.23. The molecule has 1 saturated heterocycles. The lowest BCUT2D eigenvalue weighted by atomic mass is 9.80. The molecule has 0 aromatic heterocycles. The van der Waals surface area contributed by atoms with E-state index in [9.17, 15) is 15.0 Å². The molecule has 3 rings (SSSR count). The summed E-state index contributed by atoms with van der Waals surface area (Å²) in [7, 11) is 0. The Bertz CT molecular complexity index is 262. The second-order valence-corrected chi connectivity index (χ2v) is 4.35. The van der Waals surface area contributed by atoms with Crippen LogP contribution in [-0.2, 0) is 9.53 Å². The molecule has 72 valence electrons. The van der Waals surface area contributed by atoms with E-state index in [1.807, 2.05) is 0 Å². The molecule has 2 N–H and O–H groups in total. The Balaban J connectivity index is 1.98. The van der Waals surface area contributed by atoms with E-state index < -0.39 is 12.2 Å². The van der Waals surface area contributed by atoms with E-state index in [1.165, 1.54) is 0 Å². The predicted molar refractivity (Wildman–Crippen MR) is 41.5 cm³/mol. The number of hydrogen-bond donors (Lipinski definition) is 2. The molecule has 2 aliphatic carbocycles. The van der Waals surface area contributed by atoms with Crippen molar-refractivity contribution < 1.29 is 19.7 Å². The third-order valence-corrected chi connectivity index (χ3v) is 3.90. The van der Waals surface area contributed by atoms with Gasteiger partial charge in [-0.15, -0.1) is 0 Å². The molecule has 3 fully saturated rings. The van der Waals surface area contributed by atoms with E-state index in [1.54, 1.807) is 0 Å². The predicted octanol–water partition coefficient (Wildman–Crippen LogP) is -0.853. The number of esters is 1. The fraction of sp³-hybridized carbons (Fsp3) is 0.889. The second kappa shape index (κ2) is 2.25. The molecule has 3 aliphatic rings. The van der Waals surface area contributed by atoms with E-state index >= 15 is 0 Å². The molecule has 2 bridgehead atoms. The molecule has 0 aromatic carbocycles. The van der Waals surface area contributed by atoms with Crippen molar-refractivity contribution in [1.82, 2.24) is 0 Å². The normalized spacial score (nSPS) is 58.2. The molecule has 0 amide bonds. The summed E-state index contributed by atoms with van der Waals surface area (Å²) in [5.74, 6) is -0.426. The summed E-state index contributed by atoms with van der Waals surface area (Å²) in [6.45, 7) is 0.388. The van der Waals surface area contributed by atoms with Crippen molar-refractivity contribution in [2.45, 2.75) is 18.6 Å². The Labute approximate surface area is 75.5 Å². The van der Waals surface area contributed by atoms with Gasteiger partial charge in [0.05, 0.1) is 24.7 Å². The van der Waals surface area contributed by atoms with Crippen LogP contribution in [0.15, 0.2) is 0 Å². The van der Waals surface area contributed by atoms with Crippen LogP contribution >= 0.6 is 0 Å². The van der Waals surface area contributed by atoms with Gasteiger partial charge in [-0.25, -0.2) is 0 Å². The molecule has 1 aliphatic heterocycles. The Kier molecular flexibility index (Phi) is 1.34. The maximum Gasteiger partial charge on any atom is 0.309 e. The maximum atomic E-state index is 11.3. The van der Waals surface area contributed by atoms with Crippen LogP contribution in [0.25, 0.3) is 0 Å². The van der Waals surface area contributed by atoms with Gasteiger partial charge in [0.25, 0.3) is 0 Å². The summed E-state index contributed by atoms with van der Waals surface area (Å²) in [5.41, 5.74) is 0. The summed E-state index contributed by atoms with van der Waals surface area (Å²) in [6.07, 6.45) is -0.365. The Morgan fingerprint density at radius 1 is 1.31 bits per heavy atom. The van der Waals surface area contributed by atoms with Crippen molar-refractivity contribution in [2.75, 3.05) is 6.61 Å². The molecule has 0 unspecified atom stereocenters. The number of ether oxygens (including phenoxy) is 1. The molecule has 1 heterocycles. The number of aliphatic hydroxyl groups excluding tert-OH is 2. The summed E-state index contributed by atoms with van der Waals surface area (Å²) in [5, 5.41) is 19.4. The number of fused-ring (bicyclic) bond motifs is 5. The van der Waals surface area contributed by atoms with Gasteiger partial charge in [0.1, 0.15) is 0 Å². The molecule has 0 aromatic rings. The zero-order valence-corrected chi connectivity index (χ0v) is 7.09. The van der Waals surface area contributed by atoms with E-state index in [0.29, 0.717) is 13.0 Å². The van der Waals surface area contributed by atoms with Crippen molar-refractivity contribution in [1.29, 1.82) is 0 Å². The van der Waals surface area contributed by atoms with Gasteiger partial charge < -0.3 is 14.9 Å². The van der Waals surface area contributed by atoms with Crippen molar-refractivity contribution in [3.63, 3.8) is 0 Å². The minimum absolute atomic E-state index is 0.0556. The standard InChI is InChI=1S/C9H12O4/c10-5-1-3-6-4(2-13-9(6)12)7(5)8(3)11/h3-8,10-11H,1-2H2/t3-,4-,5-,6-,7-,8-/m1/s1. The fourth-order valence-electron chi connectivity index (χ4n) is 3.38. The number of hydrogen-bond acceptors (Lipinski definition) is 4. The fourth-order valence-corrected chi connectivity index (χ4v) is 3.38. The third-order valence-electron chi connectivity index (χ3n) is 3.90. The molecule has 2 saturated carbocycles. The quantitative estimate of drug-likeness (QED) is 0.481. The number of carbonyl (C=O) groups excluding carboxylic acids is 1. The largest absolute Gasteiger partial charge is 0.465 e. The van der Waals surface area contributed by atoms with Crippen LogP contribution in [0.1, 0.15) is 6.42 Å². The van der Waals surface area contributed by atoms with E-state index in [0.717, 1.165) is 0 Å². The van der Waals surface area contributed by atoms with Crippen molar-refractivity contribution in [3.05, 3.63) is 0 Å². The minimum Gasteiger partial charge on any atom is -0.465 e. The van der Waals surface area contributed by atoms with E-state index in [4.69, 9.17) is 4.74 Å². The van der Waals surface area contributed by atoms with Gasteiger partial charge in [0.2, 0.25) is 0 Å². The molecule has 0 radical (unpaired) electrons. The average Bonchev–Trinajstić information content (AvgIpc) is 2.64. The second-order valence-electron chi connectivity index (χ2n) is 4.35. The molecule has 4 heteroatoms. The monoisotopic (exact) mass is 184 g/mol. The average molecular weight is 184 g/mol. The Morgan fingerprint density at radius 2 is 2.08 bits per heavy atom.